The number of halogens is 1. The monoisotopic (exact) mass is 266 g/mol. The highest BCUT2D eigenvalue weighted by atomic mass is 35.5. The summed E-state index contributed by atoms with van der Waals surface area (Å²) in [6.45, 7) is 3.43. The van der Waals surface area contributed by atoms with Gasteiger partial charge in [0.15, 0.2) is 5.78 Å². The third-order valence-corrected chi connectivity index (χ3v) is 2.75. The second-order valence-corrected chi connectivity index (χ2v) is 4.57. The van der Waals surface area contributed by atoms with Crippen molar-refractivity contribution in [2.45, 2.75) is 13.8 Å². The second-order valence-electron chi connectivity index (χ2n) is 4.13. The number of hydrogen-bond acceptors (Lipinski definition) is 4. The molecular weight excluding hydrogens is 256 g/mol. The molecule has 0 saturated heterocycles. The molecule has 1 atom stereocenters. The van der Waals surface area contributed by atoms with Crippen molar-refractivity contribution < 1.29 is 9.72 Å². The third kappa shape index (κ3) is 2.84. The molecule has 1 aromatic carbocycles. The Labute approximate surface area is 109 Å². The first kappa shape index (κ1) is 14.1. The average molecular weight is 267 g/mol. The molecule has 0 saturated carbocycles. The number of benzene rings is 1. The molecule has 1 aromatic rings. The summed E-state index contributed by atoms with van der Waals surface area (Å²) in [6, 6.07) is 5.68. The maximum atomic E-state index is 12.1. The summed E-state index contributed by atoms with van der Waals surface area (Å²) < 4.78 is 0. The molecule has 0 radical (unpaired) electrons. The number of nitrogens with zero attached hydrogens (tertiary/aromatic N) is 2. The van der Waals surface area contributed by atoms with Crippen LogP contribution in [0, 0.1) is 33.3 Å². The largest absolute Gasteiger partial charge is 0.292 e. The SMILES string of the molecule is CC(C)C(C#N)C(=O)c1ccc(Cl)cc1[N+](=O)[O-]. The zero-order valence-electron chi connectivity index (χ0n) is 9.88. The quantitative estimate of drug-likeness (QED) is 0.476. The summed E-state index contributed by atoms with van der Waals surface area (Å²) in [5, 5.41) is 20.0. The van der Waals surface area contributed by atoms with Gasteiger partial charge in [-0.05, 0) is 18.1 Å². The molecule has 0 amide bonds. The predicted octanol–water partition coefficient (Wildman–Crippen LogP) is 3.23. The van der Waals surface area contributed by atoms with Crippen LogP contribution in [-0.4, -0.2) is 10.7 Å². The van der Waals surface area contributed by atoms with E-state index in [0.29, 0.717) is 0 Å². The van der Waals surface area contributed by atoms with Crippen LogP contribution in [-0.2, 0) is 0 Å². The van der Waals surface area contributed by atoms with Gasteiger partial charge in [0.25, 0.3) is 5.69 Å². The predicted molar refractivity (Wildman–Crippen MR) is 66.4 cm³/mol. The molecule has 1 rings (SSSR count). The Morgan fingerprint density at radius 3 is 2.56 bits per heavy atom. The van der Waals surface area contributed by atoms with Gasteiger partial charge in [0.05, 0.1) is 16.6 Å². The molecular formula is C12H11ClN2O3. The van der Waals surface area contributed by atoms with Crippen LogP contribution in [0.3, 0.4) is 0 Å². The van der Waals surface area contributed by atoms with E-state index in [9.17, 15) is 14.9 Å². The van der Waals surface area contributed by atoms with E-state index in [-0.39, 0.29) is 22.2 Å². The molecule has 0 heterocycles. The van der Waals surface area contributed by atoms with Gasteiger partial charge in [-0.1, -0.05) is 25.4 Å². The highest BCUT2D eigenvalue weighted by Gasteiger charge is 2.29. The molecule has 6 heteroatoms. The average Bonchev–Trinajstić information content (AvgIpc) is 2.28. The molecule has 5 nitrogen and oxygen atoms in total. The standard InChI is InChI=1S/C12H11ClN2O3/c1-7(2)10(6-14)12(16)9-4-3-8(13)5-11(9)15(17)18/h3-5,7,10H,1-2H3. The van der Waals surface area contributed by atoms with Crippen LogP contribution in [0.1, 0.15) is 24.2 Å². The minimum Gasteiger partial charge on any atom is -0.292 e. The molecule has 0 spiro atoms. The zero-order valence-corrected chi connectivity index (χ0v) is 10.6. The van der Waals surface area contributed by atoms with Crippen LogP contribution in [0.25, 0.3) is 0 Å². The summed E-state index contributed by atoms with van der Waals surface area (Å²) in [7, 11) is 0. The fourth-order valence-corrected chi connectivity index (χ4v) is 1.71. The van der Waals surface area contributed by atoms with Crippen LogP contribution >= 0.6 is 11.6 Å². The Balaban J connectivity index is 3.29. The number of nitriles is 1. The summed E-state index contributed by atoms with van der Waals surface area (Å²) >= 11 is 5.66. The third-order valence-electron chi connectivity index (χ3n) is 2.51. The highest BCUT2D eigenvalue weighted by molar-refractivity contribution is 6.31. The number of carbonyl (C=O) groups is 1. The Kier molecular flexibility index (Phi) is 4.40. The zero-order chi connectivity index (χ0) is 13.9. The Morgan fingerprint density at radius 2 is 2.11 bits per heavy atom. The van der Waals surface area contributed by atoms with Gasteiger partial charge in [0, 0.05) is 11.1 Å². The van der Waals surface area contributed by atoms with Gasteiger partial charge in [-0.3, -0.25) is 14.9 Å². The first-order valence-corrected chi connectivity index (χ1v) is 5.64. The number of ketones is 1. The summed E-state index contributed by atoms with van der Waals surface area (Å²) in [5.74, 6) is -1.65. The Morgan fingerprint density at radius 1 is 1.50 bits per heavy atom. The minimum atomic E-state index is -0.898. The lowest BCUT2D eigenvalue weighted by Gasteiger charge is -2.11. The van der Waals surface area contributed by atoms with Crippen LogP contribution in [0.5, 0.6) is 0 Å². The summed E-state index contributed by atoms with van der Waals surface area (Å²) in [5.41, 5.74) is -0.446. The van der Waals surface area contributed by atoms with Gasteiger partial charge in [0.1, 0.15) is 5.92 Å². The molecule has 1 unspecified atom stereocenters. The van der Waals surface area contributed by atoms with E-state index in [2.05, 4.69) is 0 Å². The lowest BCUT2D eigenvalue weighted by molar-refractivity contribution is -0.385. The van der Waals surface area contributed by atoms with Crippen molar-refractivity contribution in [2.24, 2.45) is 11.8 Å². The van der Waals surface area contributed by atoms with E-state index in [1.165, 1.54) is 12.1 Å². The van der Waals surface area contributed by atoms with E-state index >= 15 is 0 Å². The number of rotatable bonds is 4. The van der Waals surface area contributed by atoms with Crippen molar-refractivity contribution in [3.8, 4) is 6.07 Å². The Hall–Kier alpha value is -1.93. The second kappa shape index (κ2) is 5.61. The molecule has 0 aliphatic heterocycles. The highest BCUT2D eigenvalue weighted by Crippen LogP contribution is 2.27. The number of hydrogen-bond donors (Lipinski definition) is 0. The molecule has 0 bridgehead atoms. The molecule has 0 fully saturated rings. The molecule has 94 valence electrons. The molecule has 0 aliphatic carbocycles. The lowest BCUT2D eigenvalue weighted by atomic mass is 9.88. The van der Waals surface area contributed by atoms with Gasteiger partial charge in [-0.2, -0.15) is 5.26 Å². The van der Waals surface area contributed by atoms with Gasteiger partial charge >= 0.3 is 0 Å². The van der Waals surface area contributed by atoms with E-state index in [1.807, 2.05) is 6.07 Å². The lowest BCUT2D eigenvalue weighted by Crippen LogP contribution is -2.19. The maximum absolute atomic E-state index is 12.1. The smallest absolute Gasteiger partial charge is 0.281 e. The fraction of sp³-hybridized carbons (Fsp3) is 0.333. The number of carbonyl (C=O) groups excluding carboxylic acids is 1. The summed E-state index contributed by atoms with van der Waals surface area (Å²) in [4.78, 5) is 22.3. The number of nitro benzene ring substituents is 1. The van der Waals surface area contributed by atoms with E-state index in [0.717, 1.165) is 6.07 Å². The molecule has 18 heavy (non-hydrogen) atoms. The Bertz CT molecular complexity index is 535. The number of nitro groups is 1. The van der Waals surface area contributed by atoms with Crippen molar-refractivity contribution in [3.05, 3.63) is 38.9 Å². The van der Waals surface area contributed by atoms with Crippen LogP contribution in [0.2, 0.25) is 5.02 Å². The normalized spacial score (nSPS) is 11.9. The van der Waals surface area contributed by atoms with Gasteiger partial charge in [-0.25, -0.2) is 0 Å². The van der Waals surface area contributed by atoms with Gasteiger partial charge in [-0.15, -0.1) is 0 Å². The van der Waals surface area contributed by atoms with Crippen molar-refractivity contribution in [3.63, 3.8) is 0 Å². The van der Waals surface area contributed by atoms with Crippen LogP contribution in [0.15, 0.2) is 18.2 Å². The van der Waals surface area contributed by atoms with E-state index < -0.39 is 16.6 Å². The minimum absolute atomic E-state index is 0.0790. The first-order chi connectivity index (χ1) is 8.38. The fourth-order valence-electron chi connectivity index (χ4n) is 1.54. The molecule has 0 aromatic heterocycles. The molecule has 0 N–H and O–H groups in total. The number of Topliss-reactive ketones (excluding diaryl/α,β-unsaturated/α-hetero) is 1. The van der Waals surface area contributed by atoms with Gasteiger partial charge in [0.2, 0.25) is 0 Å². The van der Waals surface area contributed by atoms with Gasteiger partial charge < -0.3 is 0 Å². The van der Waals surface area contributed by atoms with Crippen LogP contribution < -0.4 is 0 Å². The molecule has 0 aliphatic rings. The van der Waals surface area contributed by atoms with Crippen molar-refractivity contribution in [1.29, 1.82) is 5.26 Å². The van der Waals surface area contributed by atoms with Crippen molar-refractivity contribution >= 4 is 23.1 Å². The van der Waals surface area contributed by atoms with E-state index in [1.54, 1.807) is 13.8 Å². The van der Waals surface area contributed by atoms with Crippen molar-refractivity contribution in [1.82, 2.24) is 0 Å². The van der Waals surface area contributed by atoms with Crippen molar-refractivity contribution in [2.75, 3.05) is 0 Å². The van der Waals surface area contributed by atoms with E-state index in [4.69, 9.17) is 16.9 Å². The maximum Gasteiger partial charge on any atom is 0.281 e. The summed E-state index contributed by atoms with van der Waals surface area (Å²) in [6.07, 6.45) is 0. The van der Waals surface area contributed by atoms with Crippen LogP contribution in [0.4, 0.5) is 5.69 Å². The first-order valence-electron chi connectivity index (χ1n) is 5.26. The topological polar surface area (TPSA) is 84.0 Å².